The molecule has 0 fully saturated rings. The van der Waals surface area contributed by atoms with Crippen LogP contribution in [0.4, 0.5) is 11.7 Å². The van der Waals surface area contributed by atoms with Crippen molar-refractivity contribution >= 4 is 33.1 Å². The molecule has 0 radical (unpaired) electrons. The smallest absolute Gasteiger partial charge is 0.332 e. The molecule has 130 valence electrons. The summed E-state index contributed by atoms with van der Waals surface area (Å²) in [5.74, 6) is 0.0738. The Hall–Kier alpha value is -2.79. The van der Waals surface area contributed by atoms with Crippen LogP contribution in [0.15, 0.2) is 50.4 Å². The lowest BCUT2D eigenvalue weighted by Crippen LogP contribution is -2.30. The molecule has 0 spiro atoms. The summed E-state index contributed by atoms with van der Waals surface area (Å²) >= 11 is 1.09. The van der Waals surface area contributed by atoms with E-state index < -0.39 is 14.9 Å². The number of benzene rings is 1. The molecule has 0 unspecified atom stereocenters. The Labute approximate surface area is 146 Å². The Morgan fingerprint density at radius 1 is 1.24 bits per heavy atom. The van der Waals surface area contributed by atoms with Crippen molar-refractivity contribution in [1.29, 1.82) is 0 Å². The minimum Gasteiger partial charge on any atom is -0.403 e. The summed E-state index contributed by atoms with van der Waals surface area (Å²) in [6.07, 6.45) is 0. The second-order valence-electron chi connectivity index (χ2n) is 4.80. The lowest BCUT2D eigenvalue weighted by Gasteiger charge is -2.16. The Morgan fingerprint density at radius 3 is 2.52 bits per heavy atom. The molecule has 1 aromatic carbocycles. The summed E-state index contributed by atoms with van der Waals surface area (Å²) < 4.78 is 31.9. The molecule has 3 aromatic rings. The Balaban J connectivity index is 1.93. The molecule has 25 heavy (non-hydrogen) atoms. The maximum atomic E-state index is 12.6. The second-order valence-corrected chi connectivity index (χ2v) is 7.83. The third-order valence-electron chi connectivity index (χ3n) is 3.28. The number of nitro benzene ring substituents is 1. The summed E-state index contributed by atoms with van der Waals surface area (Å²) in [7, 11) is -3.78. The van der Waals surface area contributed by atoms with Gasteiger partial charge in [0.1, 0.15) is 4.21 Å². The fourth-order valence-corrected chi connectivity index (χ4v) is 4.54. The van der Waals surface area contributed by atoms with Gasteiger partial charge in [-0.2, -0.15) is 0 Å². The first-order valence-electron chi connectivity index (χ1n) is 7.08. The minimum atomic E-state index is -3.78. The molecular formula is C14H12N4O5S2. The number of nitrogens with zero attached hydrogens (tertiary/aromatic N) is 4. The third-order valence-corrected chi connectivity index (χ3v) is 6.50. The van der Waals surface area contributed by atoms with E-state index in [0.717, 1.165) is 15.6 Å². The topological polar surface area (TPSA) is 119 Å². The van der Waals surface area contributed by atoms with Crippen LogP contribution in [0.3, 0.4) is 0 Å². The van der Waals surface area contributed by atoms with Crippen molar-refractivity contribution < 1.29 is 17.8 Å². The molecule has 2 aromatic heterocycles. The van der Waals surface area contributed by atoms with Crippen molar-refractivity contribution in [3.8, 4) is 11.5 Å². The van der Waals surface area contributed by atoms with E-state index in [0.29, 0.717) is 5.56 Å². The van der Waals surface area contributed by atoms with E-state index in [2.05, 4.69) is 10.2 Å². The van der Waals surface area contributed by atoms with Crippen LogP contribution in [0.5, 0.6) is 0 Å². The molecular weight excluding hydrogens is 368 g/mol. The van der Waals surface area contributed by atoms with E-state index in [1.807, 2.05) is 0 Å². The summed E-state index contributed by atoms with van der Waals surface area (Å²) in [4.78, 5) is 10.2. The first-order chi connectivity index (χ1) is 11.9. The molecule has 11 heteroatoms. The van der Waals surface area contributed by atoms with Crippen LogP contribution in [0.1, 0.15) is 6.92 Å². The molecule has 0 amide bonds. The van der Waals surface area contributed by atoms with E-state index in [1.165, 1.54) is 30.3 Å². The molecule has 0 atom stereocenters. The van der Waals surface area contributed by atoms with E-state index in [4.69, 9.17) is 4.42 Å². The molecule has 0 aliphatic heterocycles. The standard InChI is InChI=1S/C14H12N4O5S2/c1-2-17(25(21,22)12-4-3-9-24-12)14-16-15-13(23-14)10-5-7-11(8-6-10)18(19)20/h3-9H,2H2,1H3. The minimum absolute atomic E-state index is 0.0704. The third kappa shape index (κ3) is 3.23. The lowest BCUT2D eigenvalue weighted by atomic mass is 10.2. The van der Waals surface area contributed by atoms with Crippen LogP contribution >= 0.6 is 11.3 Å². The highest BCUT2D eigenvalue weighted by atomic mass is 32.2. The average Bonchev–Trinajstić information content (AvgIpc) is 3.28. The molecule has 0 saturated heterocycles. The van der Waals surface area contributed by atoms with E-state index in [1.54, 1.807) is 18.4 Å². The highest BCUT2D eigenvalue weighted by Crippen LogP contribution is 2.28. The van der Waals surface area contributed by atoms with Crippen molar-refractivity contribution in [2.75, 3.05) is 10.8 Å². The van der Waals surface area contributed by atoms with Gasteiger partial charge in [-0.05, 0) is 30.5 Å². The van der Waals surface area contributed by atoms with Gasteiger partial charge in [0, 0.05) is 24.2 Å². The van der Waals surface area contributed by atoms with Crippen LogP contribution in [-0.2, 0) is 10.0 Å². The molecule has 0 aliphatic carbocycles. The number of hydrogen-bond acceptors (Lipinski definition) is 8. The van der Waals surface area contributed by atoms with Crippen molar-refractivity contribution in [3.05, 3.63) is 51.9 Å². The van der Waals surface area contributed by atoms with Gasteiger partial charge in [0.15, 0.2) is 0 Å². The van der Waals surface area contributed by atoms with Crippen LogP contribution in [0, 0.1) is 10.1 Å². The summed E-state index contributed by atoms with van der Waals surface area (Å²) in [6, 6.07) is 8.50. The predicted octanol–water partition coefficient (Wildman–Crippen LogP) is 2.92. The SMILES string of the molecule is CCN(c1nnc(-c2ccc([N+](=O)[O-])cc2)o1)S(=O)(=O)c1cccs1. The van der Waals surface area contributed by atoms with Gasteiger partial charge in [-0.3, -0.25) is 10.1 Å². The number of nitro groups is 1. The van der Waals surface area contributed by atoms with Gasteiger partial charge < -0.3 is 4.42 Å². The van der Waals surface area contributed by atoms with E-state index in [-0.39, 0.29) is 28.3 Å². The van der Waals surface area contributed by atoms with Gasteiger partial charge in [0.25, 0.3) is 15.7 Å². The summed E-state index contributed by atoms with van der Waals surface area (Å²) in [6.45, 7) is 1.77. The number of aromatic nitrogens is 2. The fourth-order valence-electron chi connectivity index (χ4n) is 2.09. The normalized spacial score (nSPS) is 11.4. The quantitative estimate of drug-likeness (QED) is 0.476. The van der Waals surface area contributed by atoms with Crippen molar-refractivity contribution in [3.63, 3.8) is 0 Å². The van der Waals surface area contributed by atoms with Gasteiger partial charge in [-0.25, -0.2) is 12.7 Å². The first-order valence-corrected chi connectivity index (χ1v) is 9.40. The maximum Gasteiger partial charge on any atom is 0.332 e. The largest absolute Gasteiger partial charge is 0.403 e. The summed E-state index contributed by atoms with van der Waals surface area (Å²) in [5, 5.41) is 20.0. The Kier molecular flexibility index (Phi) is 4.51. The zero-order valence-corrected chi connectivity index (χ0v) is 14.5. The van der Waals surface area contributed by atoms with Crippen LogP contribution in [-0.4, -0.2) is 30.1 Å². The van der Waals surface area contributed by atoms with Gasteiger partial charge in [-0.15, -0.1) is 16.4 Å². The Morgan fingerprint density at radius 2 is 1.96 bits per heavy atom. The number of non-ortho nitro benzene ring substituents is 1. The molecule has 0 N–H and O–H groups in total. The second kappa shape index (κ2) is 6.61. The molecule has 0 aliphatic rings. The summed E-state index contributed by atoms with van der Waals surface area (Å²) in [5.41, 5.74) is 0.382. The Bertz CT molecular complexity index is 981. The van der Waals surface area contributed by atoms with Crippen LogP contribution < -0.4 is 4.31 Å². The zero-order valence-electron chi connectivity index (χ0n) is 12.9. The van der Waals surface area contributed by atoms with Gasteiger partial charge in [0.05, 0.1) is 4.92 Å². The fraction of sp³-hybridized carbons (Fsp3) is 0.143. The van der Waals surface area contributed by atoms with Gasteiger partial charge in [-0.1, -0.05) is 11.2 Å². The maximum absolute atomic E-state index is 12.6. The van der Waals surface area contributed by atoms with Gasteiger partial charge in [0.2, 0.25) is 5.89 Å². The molecule has 9 nitrogen and oxygen atoms in total. The van der Waals surface area contributed by atoms with Crippen molar-refractivity contribution in [2.45, 2.75) is 11.1 Å². The van der Waals surface area contributed by atoms with Crippen molar-refractivity contribution in [1.82, 2.24) is 10.2 Å². The van der Waals surface area contributed by atoms with E-state index >= 15 is 0 Å². The number of sulfonamides is 1. The highest BCUT2D eigenvalue weighted by molar-refractivity contribution is 7.94. The lowest BCUT2D eigenvalue weighted by molar-refractivity contribution is -0.384. The van der Waals surface area contributed by atoms with E-state index in [9.17, 15) is 18.5 Å². The molecule has 0 saturated carbocycles. The average molecular weight is 380 g/mol. The number of hydrogen-bond donors (Lipinski definition) is 0. The van der Waals surface area contributed by atoms with Crippen LogP contribution in [0.2, 0.25) is 0 Å². The molecule has 2 heterocycles. The monoisotopic (exact) mass is 380 g/mol. The molecule has 3 rings (SSSR count). The predicted molar refractivity (Wildman–Crippen MR) is 90.9 cm³/mol. The van der Waals surface area contributed by atoms with Crippen LogP contribution in [0.25, 0.3) is 11.5 Å². The molecule has 0 bridgehead atoms. The van der Waals surface area contributed by atoms with Gasteiger partial charge >= 0.3 is 6.01 Å². The first kappa shape index (κ1) is 17.0. The highest BCUT2D eigenvalue weighted by Gasteiger charge is 2.29. The number of anilines is 1. The van der Waals surface area contributed by atoms with Crippen molar-refractivity contribution in [2.24, 2.45) is 0 Å². The zero-order chi connectivity index (χ0) is 18.0. The number of rotatable bonds is 6. The number of thiophene rings is 1.